The van der Waals surface area contributed by atoms with E-state index in [2.05, 4.69) is 10.3 Å². The molecule has 9 heteroatoms. The zero-order valence-electron chi connectivity index (χ0n) is 18.1. The highest BCUT2D eigenvalue weighted by atomic mass is 19.1. The van der Waals surface area contributed by atoms with Crippen molar-refractivity contribution in [2.24, 2.45) is 0 Å². The highest BCUT2D eigenvalue weighted by molar-refractivity contribution is 6.01. The predicted octanol–water partition coefficient (Wildman–Crippen LogP) is 3.07. The lowest BCUT2D eigenvalue weighted by molar-refractivity contribution is 0.0919. The summed E-state index contributed by atoms with van der Waals surface area (Å²) in [5.41, 5.74) is 0.560. The SMILES string of the molecule is CC(O)CNC(=O)c1c(O)c2ncc(Cc3ccc(F)cc3)cc2n(-c2ccc(F)cc2)c1=O. The van der Waals surface area contributed by atoms with Crippen molar-refractivity contribution in [3.8, 4) is 11.4 Å². The number of hydrogen-bond acceptors (Lipinski definition) is 5. The Balaban J connectivity index is 1.91. The van der Waals surface area contributed by atoms with Crippen molar-refractivity contribution in [1.82, 2.24) is 14.9 Å². The number of nitrogens with zero attached hydrogens (tertiary/aromatic N) is 2. The molecule has 1 amide bonds. The number of benzene rings is 2. The molecule has 0 aliphatic heterocycles. The largest absolute Gasteiger partial charge is 0.505 e. The van der Waals surface area contributed by atoms with Crippen LogP contribution in [-0.4, -0.2) is 38.3 Å². The summed E-state index contributed by atoms with van der Waals surface area (Å²) in [4.78, 5) is 30.4. The van der Waals surface area contributed by atoms with Gasteiger partial charge in [0.1, 0.15) is 22.7 Å². The maximum Gasteiger partial charge on any atom is 0.272 e. The molecule has 7 nitrogen and oxygen atoms in total. The number of fused-ring (bicyclic) bond motifs is 1. The van der Waals surface area contributed by atoms with Gasteiger partial charge in [-0.2, -0.15) is 0 Å². The van der Waals surface area contributed by atoms with E-state index in [-0.39, 0.29) is 29.1 Å². The number of halogens is 2. The normalized spacial score (nSPS) is 12.0. The maximum atomic E-state index is 13.5. The van der Waals surface area contributed by atoms with E-state index in [1.165, 1.54) is 54.1 Å². The Morgan fingerprint density at radius 3 is 2.29 bits per heavy atom. The van der Waals surface area contributed by atoms with Crippen molar-refractivity contribution in [2.75, 3.05) is 6.54 Å². The van der Waals surface area contributed by atoms with Crippen LogP contribution in [0.25, 0.3) is 16.7 Å². The molecule has 174 valence electrons. The van der Waals surface area contributed by atoms with Gasteiger partial charge in [0.15, 0.2) is 5.75 Å². The minimum atomic E-state index is -0.877. The number of nitrogens with one attached hydrogen (secondary N) is 1. The Morgan fingerprint density at radius 2 is 1.68 bits per heavy atom. The first-order valence-corrected chi connectivity index (χ1v) is 10.5. The molecule has 0 spiro atoms. The summed E-state index contributed by atoms with van der Waals surface area (Å²) in [5.74, 6) is -2.35. The zero-order chi connectivity index (χ0) is 24.4. The third kappa shape index (κ3) is 4.65. The minimum Gasteiger partial charge on any atom is -0.505 e. The van der Waals surface area contributed by atoms with Gasteiger partial charge in [-0.05, 0) is 66.9 Å². The van der Waals surface area contributed by atoms with Gasteiger partial charge in [-0.25, -0.2) is 8.78 Å². The zero-order valence-corrected chi connectivity index (χ0v) is 18.1. The van der Waals surface area contributed by atoms with Gasteiger partial charge in [-0.1, -0.05) is 12.1 Å². The molecule has 4 aromatic rings. The van der Waals surface area contributed by atoms with E-state index in [9.17, 15) is 28.6 Å². The van der Waals surface area contributed by atoms with Gasteiger partial charge in [0, 0.05) is 18.4 Å². The quantitative estimate of drug-likeness (QED) is 0.406. The summed E-state index contributed by atoms with van der Waals surface area (Å²) in [7, 11) is 0. The van der Waals surface area contributed by atoms with E-state index >= 15 is 0 Å². The fraction of sp³-hybridized carbons (Fsp3) is 0.160. The van der Waals surface area contributed by atoms with Crippen molar-refractivity contribution >= 4 is 16.9 Å². The van der Waals surface area contributed by atoms with Crippen LogP contribution in [0.15, 0.2) is 65.6 Å². The third-order valence-corrected chi connectivity index (χ3v) is 5.23. The number of rotatable bonds is 6. The first-order valence-electron chi connectivity index (χ1n) is 10.5. The van der Waals surface area contributed by atoms with Crippen LogP contribution in [0.3, 0.4) is 0 Å². The monoisotopic (exact) mass is 465 g/mol. The first kappa shape index (κ1) is 23.1. The summed E-state index contributed by atoms with van der Waals surface area (Å²) in [5, 5.41) is 22.6. The summed E-state index contributed by atoms with van der Waals surface area (Å²) >= 11 is 0. The second-order valence-corrected chi connectivity index (χ2v) is 7.91. The minimum absolute atomic E-state index is 0.00558. The van der Waals surface area contributed by atoms with Crippen LogP contribution in [0.1, 0.15) is 28.4 Å². The lowest BCUT2D eigenvalue weighted by Gasteiger charge is -2.16. The van der Waals surface area contributed by atoms with Crippen molar-refractivity contribution in [3.63, 3.8) is 0 Å². The molecule has 0 aliphatic carbocycles. The average Bonchev–Trinajstić information content (AvgIpc) is 2.80. The molecule has 0 fully saturated rings. The molecule has 1 unspecified atom stereocenters. The maximum absolute atomic E-state index is 13.5. The Morgan fingerprint density at radius 1 is 1.06 bits per heavy atom. The molecule has 0 saturated carbocycles. The van der Waals surface area contributed by atoms with Crippen molar-refractivity contribution in [2.45, 2.75) is 19.4 Å². The number of aliphatic hydroxyl groups excluding tert-OH is 1. The first-order chi connectivity index (χ1) is 16.2. The number of aromatic nitrogens is 2. The molecule has 0 radical (unpaired) electrons. The lowest BCUT2D eigenvalue weighted by atomic mass is 10.0. The Bertz CT molecular complexity index is 1420. The second-order valence-electron chi connectivity index (χ2n) is 7.91. The summed E-state index contributed by atoms with van der Waals surface area (Å²) in [6.45, 7) is 1.33. The van der Waals surface area contributed by atoms with Gasteiger partial charge in [0.05, 0.1) is 11.6 Å². The van der Waals surface area contributed by atoms with E-state index in [0.29, 0.717) is 12.0 Å². The van der Waals surface area contributed by atoms with Crippen LogP contribution in [0.5, 0.6) is 5.75 Å². The van der Waals surface area contributed by atoms with Crippen LogP contribution < -0.4 is 10.9 Å². The molecule has 0 aliphatic rings. The van der Waals surface area contributed by atoms with E-state index < -0.39 is 34.7 Å². The lowest BCUT2D eigenvalue weighted by Crippen LogP contribution is -2.36. The molecular weight excluding hydrogens is 444 g/mol. The van der Waals surface area contributed by atoms with Crippen molar-refractivity contribution in [1.29, 1.82) is 0 Å². The predicted molar refractivity (Wildman–Crippen MR) is 122 cm³/mol. The number of aliphatic hydroxyl groups is 1. The van der Waals surface area contributed by atoms with Crippen LogP contribution in [0, 0.1) is 11.6 Å². The van der Waals surface area contributed by atoms with Crippen LogP contribution in [-0.2, 0) is 6.42 Å². The second kappa shape index (κ2) is 9.40. The average molecular weight is 465 g/mol. The fourth-order valence-corrected chi connectivity index (χ4v) is 3.60. The van der Waals surface area contributed by atoms with E-state index in [4.69, 9.17) is 0 Å². The molecule has 2 aromatic carbocycles. The summed E-state index contributed by atoms with van der Waals surface area (Å²) in [6.07, 6.45) is 0.999. The number of pyridine rings is 2. The number of carbonyl (C=O) groups is 1. The third-order valence-electron chi connectivity index (χ3n) is 5.23. The molecule has 2 aromatic heterocycles. The molecule has 0 saturated heterocycles. The topological polar surface area (TPSA) is 104 Å². The number of aromatic hydroxyl groups is 1. The molecule has 2 heterocycles. The summed E-state index contributed by atoms with van der Waals surface area (Å²) < 4.78 is 28.0. The van der Waals surface area contributed by atoms with Crippen LogP contribution >= 0.6 is 0 Å². The van der Waals surface area contributed by atoms with E-state index in [1.807, 2.05) is 0 Å². The van der Waals surface area contributed by atoms with Gasteiger partial charge in [0.2, 0.25) is 0 Å². The van der Waals surface area contributed by atoms with Gasteiger partial charge >= 0.3 is 0 Å². The Hall–Kier alpha value is -4.11. The Labute approximate surface area is 192 Å². The number of amides is 1. The molecule has 34 heavy (non-hydrogen) atoms. The fourth-order valence-electron chi connectivity index (χ4n) is 3.60. The van der Waals surface area contributed by atoms with Gasteiger partial charge in [-0.15, -0.1) is 0 Å². The molecular formula is C25H21F2N3O4. The van der Waals surface area contributed by atoms with Crippen LogP contribution in [0.2, 0.25) is 0 Å². The smallest absolute Gasteiger partial charge is 0.272 e. The van der Waals surface area contributed by atoms with Gasteiger partial charge < -0.3 is 15.5 Å². The summed E-state index contributed by atoms with van der Waals surface area (Å²) in [6, 6.07) is 12.6. The molecule has 3 N–H and O–H groups in total. The van der Waals surface area contributed by atoms with E-state index in [1.54, 1.807) is 18.2 Å². The highest BCUT2D eigenvalue weighted by Gasteiger charge is 2.24. The van der Waals surface area contributed by atoms with Crippen molar-refractivity contribution < 1.29 is 23.8 Å². The van der Waals surface area contributed by atoms with Crippen molar-refractivity contribution in [3.05, 3.63) is 99.5 Å². The molecule has 1 atom stereocenters. The Kier molecular flexibility index (Phi) is 6.38. The molecule has 4 rings (SSSR count). The highest BCUT2D eigenvalue weighted by Crippen LogP contribution is 2.28. The standard InChI is InChI=1S/C25H21F2N3O4/c1-14(31)12-29-24(33)21-23(32)22-20(30(25(21)34)19-8-6-18(27)7-9-19)11-16(13-28-22)10-15-2-4-17(26)5-3-15/h2-9,11,13-14,31-32H,10,12H2,1H3,(H,29,33). The van der Waals surface area contributed by atoms with Gasteiger partial charge in [0.25, 0.3) is 11.5 Å². The number of carbonyl (C=O) groups excluding carboxylic acids is 1. The number of hydrogen-bond donors (Lipinski definition) is 3. The van der Waals surface area contributed by atoms with Crippen LogP contribution in [0.4, 0.5) is 8.78 Å². The van der Waals surface area contributed by atoms with E-state index in [0.717, 1.165) is 5.56 Å². The van der Waals surface area contributed by atoms with Gasteiger partial charge in [-0.3, -0.25) is 19.1 Å². The molecule has 0 bridgehead atoms.